The van der Waals surface area contributed by atoms with Gasteiger partial charge in [-0.05, 0) is 31.5 Å². The van der Waals surface area contributed by atoms with Crippen LogP contribution in [0.1, 0.15) is 19.4 Å². The van der Waals surface area contributed by atoms with Crippen molar-refractivity contribution >= 4 is 11.9 Å². The number of benzene rings is 1. The second-order valence-corrected chi connectivity index (χ2v) is 5.93. The standard InChI is InChI=1S/C16H23N3O3/c1-5-22-13-8-6-12(7-9-13)16(2)14(20)19(15(21)17-16)11-10-18(3)4/h6-9H,5,10-11H2,1-4H3,(H,17,21)/p+1/t16-/m0/s1. The van der Waals surface area contributed by atoms with Crippen molar-refractivity contribution in [1.82, 2.24) is 10.2 Å². The van der Waals surface area contributed by atoms with Gasteiger partial charge in [-0.3, -0.25) is 9.69 Å². The van der Waals surface area contributed by atoms with Gasteiger partial charge in [-0.25, -0.2) is 4.79 Å². The van der Waals surface area contributed by atoms with Crippen molar-refractivity contribution < 1.29 is 19.2 Å². The first kappa shape index (κ1) is 16.3. The lowest BCUT2D eigenvalue weighted by Gasteiger charge is -2.22. The van der Waals surface area contributed by atoms with Crippen LogP contribution >= 0.6 is 0 Å². The lowest BCUT2D eigenvalue weighted by atomic mass is 9.92. The summed E-state index contributed by atoms with van der Waals surface area (Å²) in [4.78, 5) is 27.3. The molecule has 0 spiro atoms. The first-order chi connectivity index (χ1) is 10.4. The third-order valence-electron chi connectivity index (χ3n) is 3.85. The lowest BCUT2D eigenvalue weighted by molar-refractivity contribution is -0.857. The molecule has 1 saturated heterocycles. The second-order valence-electron chi connectivity index (χ2n) is 5.93. The molecule has 1 aliphatic heterocycles. The topological polar surface area (TPSA) is 63.1 Å². The number of carbonyl (C=O) groups excluding carboxylic acids is 2. The summed E-state index contributed by atoms with van der Waals surface area (Å²) in [5, 5.41) is 2.81. The molecule has 6 nitrogen and oxygen atoms in total. The quantitative estimate of drug-likeness (QED) is 0.727. The Morgan fingerprint density at radius 1 is 1.23 bits per heavy atom. The van der Waals surface area contributed by atoms with E-state index < -0.39 is 5.54 Å². The van der Waals surface area contributed by atoms with E-state index in [1.807, 2.05) is 45.3 Å². The van der Waals surface area contributed by atoms with E-state index in [0.717, 1.165) is 17.9 Å². The highest BCUT2D eigenvalue weighted by Gasteiger charge is 2.48. The number of hydrogen-bond acceptors (Lipinski definition) is 3. The molecule has 0 radical (unpaired) electrons. The van der Waals surface area contributed by atoms with Crippen LogP contribution in [0, 0.1) is 0 Å². The summed E-state index contributed by atoms with van der Waals surface area (Å²) in [5.74, 6) is 0.544. The Morgan fingerprint density at radius 2 is 1.86 bits per heavy atom. The predicted molar refractivity (Wildman–Crippen MR) is 82.9 cm³/mol. The summed E-state index contributed by atoms with van der Waals surface area (Å²) in [6, 6.07) is 6.95. The number of urea groups is 1. The van der Waals surface area contributed by atoms with Gasteiger partial charge in [-0.15, -0.1) is 0 Å². The Bertz CT molecular complexity index is 556. The van der Waals surface area contributed by atoms with E-state index in [0.29, 0.717) is 13.2 Å². The van der Waals surface area contributed by atoms with Gasteiger partial charge < -0.3 is 15.0 Å². The van der Waals surface area contributed by atoms with Gasteiger partial charge in [0, 0.05) is 0 Å². The number of rotatable bonds is 6. The van der Waals surface area contributed by atoms with Crippen LogP contribution in [0.4, 0.5) is 4.79 Å². The maximum Gasteiger partial charge on any atom is 0.325 e. The average Bonchev–Trinajstić information content (AvgIpc) is 2.69. The van der Waals surface area contributed by atoms with Gasteiger partial charge in [0.1, 0.15) is 11.3 Å². The molecule has 2 rings (SSSR count). The fraction of sp³-hybridized carbons (Fsp3) is 0.500. The van der Waals surface area contributed by atoms with E-state index in [-0.39, 0.29) is 11.9 Å². The Labute approximate surface area is 131 Å². The summed E-state index contributed by atoms with van der Waals surface area (Å²) in [7, 11) is 3.98. The highest BCUT2D eigenvalue weighted by atomic mass is 16.5. The van der Waals surface area contributed by atoms with Crippen molar-refractivity contribution in [3.8, 4) is 5.75 Å². The van der Waals surface area contributed by atoms with Gasteiger partial charge in [0.2, 0.25) is 0 Å². The Morgan fingerprint density at radius 3 is 2.41 bits per heavy atom. The number of nitrogens with one attached hydrogen (secondary N) is 2. The number of quaternary nitrogens is 1. The van der Waals surface area contributed by atoms with Gasteiger partial charge in [-0.2, -0.15) is 0 Å². The maximum atomic E-state index is 12.7. The molecule has 3 amide bonds. The fourth-order valence-electron chi connectivity index (χ4n) is 2.48. The third-order valence-corrected chi connectivity index (χ3v) is 3.85. The summed E-state index contributed by atoms with van der Waals surface area (Å²) >= 11 is 0. The first-order valence-corrected chi connectivity index (χ1v) is 7.55. The van der Waals surface area contributed by atoms with E-state index in [4.69, 9.17) is 4.74 Å². The van der Waals surface area contributed by atoms with E-state index in [2.05, 4.69) is 5.32 Å². The molecule has 1 aliphatic rings. The van der Waals surface area contributed by atoms with Crippen LogP contribution in [0.2, 0.25) is 0 Å². The molecular weight excluding hydrogens is 282 g/mol. The molecular formula is C16H24N3O3+. The summed E-state index contributed by atoms with van der Waals surface area (Å²) in [5.41, 5.74) is -0.252. The number of nitrogens with zero attached hydrogens (tertiary/aromatic N) is 1. The van der Waals surface area contributed by atoms with Crippen molar-refractivity contribution in [3.05, 3.63) is 29.8 Å². The zero-order valence-electron chi connectivity index (χ0n) is 13.6. The van der Waals surface area contributed by atoms with Crippen molar-refractivity contribution in [2.75, 3.05) is 33.8 Å². The second kappa shape index (κ2) is 6.36. The molecule has 0 aromatic heterocycles. The third kappa shape index (κ3) is 3.06. The SMILES string of the molecule is CCOc1ccc([C@]2(C)NC(=O)N(CC[NH+](C)C)C2=O)cc1. The molecule has 2 N–H and O–H groups in total. The van der Waals surface area contributed by atoms with Crippen molar-refractivity contribution in [2.45, 2.75) is 19.4 Å². The molecule has 22 heavy (non-hydrogen) atoms. The molecule has 0 saturated carbocycles. The predicted octanol–water partition coefficient (Wildman–Crippen LogP) is -0.00320. The number of hydrogen-bond donors (Lipinski definition) is 2. The highest BCUT2D eigenvalue weighted by Crippen LogP contribution is 2.29. The van der Waals surface area contributed by atoms with E-state index in [1.54, 1.807) is 6.92 Å². The number of imide groups is 1. The molecule has 6 heteroatoms. The molecule has 0 bridgehead atoms. The first-order valence-electron chi connectivity index (χ1n) is 7.55. The van der Waals surface area contributed by atoms with Crippen LogP contribution in [0.15, 0.2) is 24.3 Å². The van der Waals surface area contributed by atoms with E-state index in [1.165, 1.54) is 9.80 Å². The highest BCUT2D eigenvalue weighted by molar-refractivity contribution is 6.07. The summed E-state index contributed by atoms with van der Waals surface area (Å²) in [6.45, 7) is 5.39. The molecule has 0 unspecified atom stereocenters. The van der Waals surface area contributed by atoms with Gasteiger partial charge in [-0.1, -0.05) is 12.1 Å². The van der Waals surface area contributed by atoms with Gasteiger partial charge in [0.05, 0.1) is 33.8 Å². The zero-order chi connectivity index (χ0) is 16.3. The van der Waals surface area contributed by atoms with Crippen LogP contribution in [-0.4, -0.2) is 50.6 Å². The number of amides is 3. The monoisotopic (exact) mass is 306 g/mol. The normalized spacial score (nSPS) is 21.4. The Kier molecular flexibility index (Phi) is 4.71. The lowest BCUT2D eigenvalue weighted by Crippen LogP contribution is -3.06. The molecule has 0 aliphatic carbocycles. The van der Waals surface area contributed by atoms with Gasteiger partial charge >= 0.3 is 6.03 Å². The minimum Gasteiger partial charge on any atom is -0.494 e. The molecule has 1 fully saturated rings. The van der Waals surface area contributed by atoms with Crippen molar-refractivity contribution in [2.24, 2.45) is 0 Å². The van der Waals surface area contributed by atoms with E-state index >= 15 is 0 Å². The molecule has 1 aromatic carbocycles. The Hall–Kier alpha value is -2.08. The largest absolute Gasteiger partial charge is 0.494 e. The fourth-order valence-corrected chi connectivity index (χ4v) is 2.48. The number of carbonyl (C=O) groups is 2. The minimum absolute atomic E-state index is 0.206. The van der Waals surface area contributed by atoms with Crippen molar-refractivity contribution in [3.63, 3.8) is 0 Å². The van der Waals surface area contributed by atoms with Crippen LogP contribution in [0.5, 0.6) is 5.75 Å². The molecule has 120 valence electrons. The smallest absolute Gasteiger partial charge is 0.325 e. The summed E-state index contributed by atoms with van der Waals surface area (Å²) in [6.07, 6.45) is 0. The van der Waals surface area contributed by atoms with Gasteiger partial charge in [0.25, 0.3) is 5.91 Å². The minimum atomic E-state index is -1.01. The Balaban J connectivity index is 2.19. The van der Waals surface area contributed by atoms with E-state index in [9.17, 15) is 9.59 Å². The molecule has 1 aromatic rings. The van der Waals surface area contributed by atoms with Crippen LogP contribution in [0.3, 0.4) is 0 Å². The van der Waals surface area contributed by atoms with Crippen LogP contribution < -0.4 is 15.0 Å². The van der Waals surface area contributed by atoms with Crippen molar-refractivity contribution in [1.29, 1.82) is 0 Å². The molecule has 1 atom stereocenters. The molecule has 1 heterocycles. The number of ether oxygens (including phenoxy) is 1. The zero-order valence-corrected chi connectivity index (χ0v) is 13.6. The average molecular weight is 306 g/mol. The van der Waals surface area contributed by atoms with Crippen LogP contribution in [0.25, 0.3) is 0 Å². The maximum absolute atomic E-state index is 12.7. The number of likely N-dealkylation sites (N-methyl/N-ethyl adjacent to an activating group) is 1. The van der Waals surface area contributed by atoms with Crippen LogP contribution in [-0.2, 0) is 10.3 Å². The van der Waals surface area contributed by atoms with Gasteiger partial charge in [0.15, 0.2) is 0 Å². The summed E-state index contributed by atoms with van der Waals surface area (Å²) < 4.78 is 5.40.